The highest BCUT2D eigenvalue weighted by molar-refractivity contribution is 6.46. The van der Waals surface area contributed by atoms with E-state index in [1.165, 1.54) is 18.3 Å². The number of Topliss-reactive ketones (excluding diaryl/α,β-unsaturated/α-hetero) is 1. The molecule has 1 aliphatic heterocycles. The average Bonchev–Trinajstić information content (AvgIpc) is 3.41. The van der Waals surface area contributed by atoms with Crippen molar-refractivity contribution in [3.8, 4) is 0 Å². The molecule has 1 N–H and O–H groups in total. The molecule has 1 saturated heterocycles. The van der Waals surface area contributed by atoms with Gasteiger partial charge in [-0.05, 0) is 36.8 Å². The number of likely N-dealkylation sites (tertiary alicyclic amines) is 1. The highest BCUT2D eigenvalue weighted by atomic mass is 16.5. The molecule has 0 saturated carbocycles. The fraction of sp³-hybridized carbons (Fsp3) is 0.160. The van der Waals surface area contributed by atoms with E-state index in [2.05, 4.69) is 0 Å². The zero-order valence-corrected chi connectivity index (χ0v) is 17.6. The Morgan fingerprint density at radius 3 is 2.28 bits per heavy atom. The second-order valence-corrected chi connectivity index (χ2v) is 7.49. The van der Waals surface area contributed by atoms with Crippen LogP contribution in [0.2, 0.25) is 0 Å². The Labute approximate surface area is 184 Å². The minimum atomic E-state index is -0.854. The van der Waals surface area contributed by atoms with Crippen LogP contribution in [-0.2, 0) is 20.9 Å². The largest absolute Gasteiger partial charge is 0.507 e. The maximum atomic E-state index is 13.0. The summed E-state index contributed by atoms with van der Waals surface area (Å²) in [7, 11) is 1.29. The summed E-state index contributed by atoms with van der Waals surface area (Å²) in [6, 6.07) is 16.0. The third-order valence-corrected chi connectivity index (χ3v) is 5.42. The molecule has 162 valence electrons. The number of esters is 1. The molecule has 32 heavy (non-hydrogen) atoms. The van der Waals surface area contributed by atoms with Crippen LogP contribution in [0.5, 0.6) is 0 Å². The molecule has 0 radical (unpaired) electrons. The van der Waals surface area contributed by atoms with Crippen LogP contribution in [0.3, 0.4) is 0 Å². The molecule has 2 heterocycles. The fourth-order valence-corrected chi connectivity index (χ4v) is 3.75. The Morgan fingerprint density at radius 1 is 1.03 bits per heavy atom. The zero-order valence-electron chi connectivity index (χ0n) is 17.6. The fourth-order valence-electron chi connectivity index (χ4n) is 3.75. The van der Waals surface area contributed by atoms with Crippen LogP contribution in [0.25, 0.3) is 5.76 Å². The van der Waals surface area contributed by atoms with Crippen LogP contribution in [0.1, 0.15) is 38.9 Å². The molecule has 2 aromatic carbocycles. The number of hydrogen-bond donors (Lipinski definition) is 1. The summed E-state index contributed by atoms with van der Waals surface area (Å²) in [5, 5.41) is 11.0. The van der Waals surface area contributed by atoms with Crippen molar-refractivity contribution in [2.24, 2.45) is 0 Å². The SMILES string of the molecule is COC(=O)c1ccc(C2/C(=C(\O)c3ccc(C)cc3)C(=O)C(=O)N2Cc2ccco2)cc1. The molecule has 1 unspecified atom stereocenters. The van der Waals surface area contributed by atoms with Crippen molar-refractivity contribution in [1.82, 2.24) is 4.90 Å². The molecule has 1 atom stereocenters. The number of methoxy groups -OCH3 is 1. The summed E-state index contributed by atoms with van der Waals surface area (Å²) in [6.07, 6.45) is 1.48. The van der Waals surface area contributed by atoms with Crippen molar-refractivity contribution in [2.45, 2.75) is 19.5 Å². The van der Waals surface area contributed by atoms with Gasteiger partial charge in [-0.25, -0.2) is 4.79 Å². The Balaban J connectivity index is 1.84. The van der Waals surface area contributed by atoms with Crippen LogP contribution < -0.4 is 0 Å². The minimum absolute atomic E-state index is 0.0174. The van der Waals surface area contributed by atoms with Gasteiger partial charge >= 0.3 is 5.97 Å². The van der Waals surface area contributed by atoms with Gasteiger partial charge in [0.05, 0.1) is 37.1 Å². The van der Waals surface area contributed by atoms with Crippen molar-refractivity contribution in [3.63, 3.8) is 0 Å². The molecule has 1 fully saturated rings. The van der Waals surface area contributed by atoms with E-state index in [1.54, 1.807) is 48.5 Å². The van der Waals surface area contributed by atoms with Crippen molar-refractivity contribution >= 4 is 23.4 Å². The van der Waals surface area contributed by atoms with Crippen LogP contribution in [0, 0.1) is 6.92 Å². The molecule has 0 bridgehead atoms. The van der Waals surface area contributed by atoms with Crippen LogP contribution in [0.4, 0.5) is 0 Å². The van der Waals surface area contributed by atoms with Crippen molar-refractivity contribution in [2.75, 3.05) is 7.11 Å². The standard InChI is InChI=1S/C25H21NO6/c1-15-5-7-17(8-6-15)22(27)20-21(16-9-11-18(12-10-16)25(30)31-2)26(24(29)23(20)28)14-19-4-3-13-32-19/h3-13,21,27H,14H2,1-2H3/b22-20+. The monoisotopic (exact) mass is 431 g/mol. The third kappa shape index (κ3) is 3.80. The first kappa shape index (κ1) is 21.1. The number of furan rings is 1. The van der Waals surface area contributed by atoms with Gasteiger partial charge in [-0.2, -0.15) is 0 Å². The number of nitrogens with zero attached hydrogens (tertiary/aromatic N) is 1. The number of benzene rings is 2. The van der Waals surface area contributed by atoms with Gasteiger partial charge in [0.15, 0.2) is 0 Å². The molecule has 0 spiro atoms. The van der Waals surface area contributed by atoms with E-state index in [-0.39, 0.29) is 17.9 Å². The minimum Gasteiger partial charge on any atom is -0.507 e. The molecule has 0 aliphatic carbocycles. The number of rotatable bonds is 5. The van der Waals surface area contributed by atoms with Crippen molar-refractivity contribution in [3.05, 3.63) is 101 Å². The summed E-state index contributed by atoms with van der Waals surface area (Å²) in [5.74, 6) is -1.78. The van der Waals surface area contributed by atoms with Gasteiger partial charge in [-0.1, -0.05) is 42.0 Å². The predicted molar refractivity (Wildman–Crippen MR) is 116 cm³/mol. The van der Waals surface area contributed by atoms with Gasteiger partial charge in [0, 0.05) is 5.56 Å². The Morgan fingerprint density at radius 2 is 1.69 bits per heavy atom. The van der Waals surface area contributed by atoms with Gasteiger partial charge in [-0.3, -0.25) is 9.59 Å². The summed E-state index contributed by atoms with van der Waals surface area (Å²) >= 11 is 0. The number of carbonyl (C=O) groups excluding carboxylic acids is 3. The Kier molecular flexibility index (Phi) is 5.64. The number of aliphatic hydroxyl groups is 1. The van der Waals surface area contributed by atoms with Crippen LogP contribution >= 0.6 is 0 Å². The van der Waals surface area contributed by atoms with E-state index in [0.717, 1.165) is 5.56 Å². The van der Waals surface area contributed by atoms with Gasteiger partial charge in [-0.15, -0.1) is 0 Å². The summed E-state index contributed by atoms with van der Waals surface area (Å²) in [6.45, 7) is 1.96. The molecule has 7 heteroatoms. The highest BCUT2D eigenvalue weighted by Gasteiger charge is 2.46. The molecular weight excluding hydrogens is 410 g/mol. The molecular formula is C25H21NO6. The van der Waals surface area contributed by atoms with Gasteiger partial charge in [0.25, 0.3) is 11.7 Å². The maximum Gasteiger partial charge on any atom is 0.337 e. The van der Waals surface area contributed by atoms with E-state index in [4.69, 9.17) is 9.15 Å². The molecule has 7 nitrogen and oxygen atoms in total. The zero-order chi connectivity index (χ0) is 22.8. The van der Waals surface area contributed by atoms with E-state index in [1.807, 2.05) is 19.1 Å². The lowest BCUT2D eigenvalue weighted by Crippen LogP contribution is -2.29. The first-order valence-electron chi connectivity index (χ1n) is 9.97. The lowest BCUT2D eigenvalue weighted by atomic mass is 9.94. The maximum absolute atomic E-state index is 13.0. The third-order valence-electron chi connectivity index (χ3n) is 5.42. The quantitative estimate of drug-likeness (QED) is 0.284. The highest BCUT2D eigenvalue weighted by Crippen LogP contribution is 2.40. The Bertz CT molecular complexity index is 1190. The topological polar surface area (TPSA) is 97.0 Å². The summed E-state index contributed by atoms with van der Waals surface area (Å²) < 4.78 is 10.1. The molecule has 3 aromatic rings. The number of carbonyl (C=O) groups is 3. The number of hydrogen-bond acceptors (Lipinski definition) is 6. The van der Waals surface area contributed by atoms with E-state index < -0.39 is 23.7 Å². The van der Waals surface area contributed by atoms with Crippen molar-refractivity contribution < 1.29 is 28.6 Å². The predicted octanol–water partition coefficient (Wildman–Crippen LogP) is 4.00. The van der Waals surface area contributed by atoms with E-state index >= 15 is 0 Å². The first-order chi connectivity index (χ1) is 15.4. The normalized spacial score (nSPS) is 17.6. The second kappa shape index (κ2) is 8.55. The average molecular weight is 431 g/mol. The molecule has 1 aliphatic rings. The van der Waals surface area contributed by atoms with Gasteiger partial charge in [0.2, 0.25) is 0 Å². The van der Waals surface area contributed by atoms with Crippen molar-refractivity contribution in [1.29, 1.82) is 0 Å². The number of ether oxygens (including phenoxy) is 1. The molecule has 4 rings (SSSR count). The number of amides is 1. The molecule has 1 amide bonds. The van der Waals surface area contributed by atoms with Gasteiger partial charge in [0.1, 0.15) is 11.5 Å². The number of ketones is 1. The smallest absolute Gasteiger partial charge is 0.337 e. The summed E-state index contributed by atoms with van der Waals surface area (Å²) in [5.41, 5.74) is 2.31. The Hall–Kier alpha value is -4.13. The second-order valence-electron chi connectivity index (χ2n) is 7.49. The first-order valence-corrected chi connectivity index (χ1v) is 9.97. The van der Waals surface area contributed by atoms with Gasteiger partial charge < -0.3 is 19.2 Å². The number of aliphatic hydroxyl groups excluding tert-OH is 1. The lowest BCUT2D eigenvalue weighted by Gasteiger charge is -2.24. The number of aryl methyl sites for hydroxylation is 1. The van der Waals surface area contributed by atoms with Crippen LogP contribution in [-0.4, -0.2) is 34.8 Å². The van der Waals surface area contributed by atoms with Crippen LogP contribution in [0.15, 0.2) is 76.9 Å². The molecule has 1 aromatic heterocycles. The van der Waals surface area contributed by atoms with E-state index in [9.17, 15) is 19.5 Å². The lowest BCUT2D eigenvalue weighted by molar-refractivity contribution is -0.140. The summed E-state index contributed by atoms with van der Waals surface area (Å²) in [4.78, 5) is 39.1. The van der Waals surface area contributed by atoms with E-state index in [0.29, 0.717) is 22.5 Å².